The third-order valence-corrected chi connectivity index (χ3v) is 15.0. The number of nitrogens with one attached hydrogen (secondary N) is 5. The number of amides is 8. The minimum atomic E-state index is -3.44. The van der Waals surface area contributed by atoms with Crippen LogP contribution < -0.4 is 32.3 Å². The van der Waals surface area contributed by atoms with Gasteiger partial charge in [0, 0.05) is 51.6 Å². The fourth-order valence-electron chi connectivity index (χ4n) is 7.73. The van der Waals surface area contributed by atoms with E-state index in [4.69, 9.17) is 22.1 Å². The number of aliphatic hydroxyl groups is 1. The van der Waals surface area contributed by atoms with Gasteiger partial charge in [-0.1, -0.05) is 52.7 Å². The number of nitrogens with zero attached hydrogens (tertiary/aromatic N) is 2. The first-order valence-electron chi connectivity index (χ1n) is 23.6. The molecule has 0 spiro atoms. The number of aliphatic hydroxyl groups excluding tert-OH is 1. The average Bonchev–Trinajstić information content (AvgIpc) is 3.84. The number of thioether (sulfide) groups is 1. The van der Waals surface area contributed by atoms with Crippen molar-refractivity contribution in [1.82, 2.24) is 36.4 Å². The number of phenols is 1. The predicted octanol–water partition coefficient (Wildman–Crippen LogP) is -0.223. The molecule has 2 unspecified atom stereocenters. The third kappa shape index (κ3) is 19.7. The summed E-state index contributed by atoms with van der Waals surface area (Å²) in [6, 6.07) is -1.18. The normalized spacial score (nSPS) is 20.3. The number of phenolic OH excluding ortho intramolecular Hbond substituents is 1. The highest BCUT2D eigenvalue weighted by molar-refractivity contribution is 8.07. The monoisotopic (exact) mass is 1060 g/mol. The molecule has 10 atom stereocenters. The van der Waals surface area contributed by atoms with Crippen LogP contribution >= 0.6 is 18.5 Å². The van der Waals surface area contributed by atoms with E-state index in [1.54, 1.807) is 13.8 Å². The van der Waals surface area contributed by atoms with Crippen molar-refractivity contribution in [2.75, 3.05) is 39.1 Å². The lowest BCUT2D eigenvalue weighted by molar-refractivity contribution is -0.144. The molecule has 2 saturated heterocycles. The molecule has 0 aliphatic carbocycles. The van der Waals surface area contributed by atoms with Gasteiger partial charge in [0.1, 0.15) is 36.0 Å². The number of aliphatic carboxylic acids is 1. The van der Waals surface area contributed by atoms with Gasteiger partial charge in [-0.2, -0.15) is 0 Å². The highest BCUT2D eigenvalue weighted by Gasteiger charge is 2.43. The lowest BCUT2D eigenvalue weighted by atomic mass is 9.98. The van der Waals surface area contributed by atoms with Crippen molar-refractivity contribution in [1.29, 1.82) is 0 Å². The first-order chi connectivity index (χ1) is 33.4. The van der Waals surface area contributed by atoms with Crippen molar-refractivity contribution in [2.24, 2.45) is 17.6 Å². The molecule has 2 aliphatic rings. The summed E-state index contributed by atoms with van der Waals surface area (Å²) in [5.74, 6) is -6.41. The van der Waals surface area contributed by atoms with E-state index in [2.05, 4.69) is 31.1 Å². The first-order valence-corrected chi connectivity index (χ1v) is 27.2. The van der Waals surface area contributed by atoms with Crippen LogP contribution in [0.1, 0.15) is 91.5 Å². The second kappa shape index (κ2) is 29.1. The fraction of sp³-hybridized carbons (Fsp3) is 0.667. The topological polar surface area (TPSA) is 346 Å². The molecule has 0 radical (unpaired) electrons. The minimum Gasteiger partial charge on any atom is -0.508 e. The van der Waals surface area contributed by atoms with Crippen LogP contribution in [0.4, 0.5) is 0 Å². The fourth-order valence-corrected chi connectivity index (χ4v) is 9.49. The summed E-state index contributed by atoms with van der Waals surface area (Å²) < 4.78 is 9.71. The molecule has 2 heterocycles. The Morgan fingerprint density at radius 1 is 0.944 bits per heavy atom. The van der Waals surface area contributed by atoms with Crippen molar-refractivity contribution in [3.8, 4) is 5.75 Å². The molecule has 0 saturated carbocycles. The highest BCUT2D eigenvalue weighted by Crippen LogP contribution is 2.42. The number of imide groups is 1. The minimum absolute atomic E-state index is 0.0338. The summed E-state index contributed by atoms with van der Waals surface area (Å²) in [4.78, 5) is 130. The zero-order valence-electron chi connectivity index (χ0n) is 41.0. The third-order valence-electron chi connectivity index (χ3n) is 11.9. The standard InChI is InChI=1S/C45H71N8O15PS2/c1-7-26(4)38(45(64)65)51-41(60)33(20-28-12-14-29(54)15-13-28)50-42(61)34-21-30(55)23-53(34)43(62)27(5)48-40(59)32(19-25(2)3)49-36(56)11-9-8-10-16-47-39(58)31(46)24-71-35-22-37(57)52(44(35)63)17-18-68-69(66,70)67-6/h12-15,25-27,30-35,38,54-55H,7-11,16-24,46H2,1-6H3,(H,47,58)(H,48,59)(H,49,56)(H,50,61)(H,51,60)(H,64,65)(H,66,70)/t26-,27-,30-,31-,32-,33-,34+,35?,38-,69?/m0/s1. The van der Waals surface area contributed by atoms with E-state index < -0.39 is 113 Å². The Bertz CT molecular complexity index is 2090. The van der Waals surface area contributed by atoms with Gasteiger partial charge in [0.25, 0.3) is 0 Å². The Balaban J connectivity index is 1.49. The molecule has 0 aromatic heterocycles. The van der Waals surface area contributed by atoms with Crippen LogP contribution in [0.2, 0.25) is 0 Å². The van der Waals surface area contributed by atoms with E-state index in [0.29, 0.717) is 31.2 Å². The van der Waals surface area contributed by atoms with Crippen molar-refractivity contribution in [3.63, 3.8) is 0 Å². The van der Waals surface area contributed by atoms with Crippen molar-refractivity contribution >= 4 is 83.5 Å². The van der Waals surface area contributed by atoms with Crippen LogP contribution in [0, 0.1) is 11.8 Å². The Labute approximate surface area is 423 Å². The summed E-state index contributed by atoms with van der Waals surface area (Å²) in [5, 5.41) is 42.7. The number of rotatable bonds is 30. The number of aromatic hydroxyl groups is 1. The molecule has 2 aliphatic heterocycles. The van der Waals surface area contributed by atoms with Crippen LogP contribution in [-0.4, -0.2) is 170 Å². The van der Waals surface area contributed by atoms with Crippen molar-refractivity contribution in [2.45, 2.75) is 140 Å². The van der Waals surface area contributed by atoms with Crippen molar-refractivity contribution < 1.29 is 72.4 Å². The van der Waals surface area contributed by atoms with Gasteiger partial charge in [0.2, 0.25) is 47.3 Å². The number of benzene rings is 1. The Morgan fingerprint density at radius 3 is 2.23 bits per heavy atom. The lowest BCUT2D eigenvalue weighted by Gasteiger charge is -2.30. The molecular formula is C45H71N8O15PS2. The van der Waals surface area contributed by atoms with E-state index >= 15 is 0 Å². The zero-order chi connectivity index (χ0) is 53.2. The summed E-state index contributed by atoms with van der Waals surface area (Å²) in [6.07, 6.45) is 0.710. The van der Waals surface area contributed by atoms with E-state index in [1.165, 1.54) is 38.3 Å². The van der Waals surface area contributed by atoms with Gasteiger partial charge >= 0.3 is 12.7 Å². The van der Waals surface area contributed by atoms with Gasteiger partial charge in [0.15, 0.2) is 0 Å². The molecule has 8 amide bonds. The second-order valence-corrected chi connectivity index (χ2v) is 22.3. The van der Waals surface area contributed by atoms with Crippen LogP contribution in [0.25, 0.3) is 0 Å². The Kier molecular flexibility index (Phi) is 24.8. The highest BCUT2D eigenvalue weighted by atomic mass is 32.5. The molecule has 1 aromatic carbocycles. The largest absolute Gasteiger partial charge is 0.508 e. The van der Waals surface area contributed by atoms with Crippen LogP contribution in [-0.2, 0) is 70.4 Å². The quantitative estimate of drug-likeness (QED) is 0.0270. The van der Waals surface area contributed by atoms with E-state index in [0.717, 1.165) is 21.6 Å². The van der Waals surface area contributed by atoms with Gasteiger partial charge in [-0.15, -0.1) is 11.8 Å². The maximum Gasteiger partial charge on any atom is 0.326 e. The number of hydrogen-bond donors (Lipinski definition) is 10. The summed E-state index contributed by atoms with van der Waals surface area (Å²) in [5.41, 5.74) is 6.57. The molecule has 3 rings (SSSR count). The van der Waals surface area contributed by atoms with E-state index in [9.17, 15) is 63.4 Å². The maximum absolute atomic E-state index is 13.9. The average molecular weight is 1060 g/mol. The Morgan fingerprint density at radius 2 is 1.61 bits per heavy atom. The van der Waals surface area contributed by atoms with Gasteiger partial charge in [-0.05, 0) is 67.5 Å². The van der Waals surface area contributed by atoms with Gasteiger partial charge in [0.05, 0.1) is 30.5 Å². The SMILES string of the molecule is CC[C@H](C)[C@H](NC(=O)[C@H](Cc1ccc(O)cc1)NC(=O)[C@H]1C[C@H](O)CN1C(=O)[C@H](C)NC(=O)[C@H](CC(C)C)NC(=O)CCCCCNC(=O)[C@@H](N)CSC1CC(=O)N(CCOP(O)(=S)OC)C1=O)C(=O)O. The second-order valence-electron chi connectivity index (χ2n) is 18.1. The molecule has 2 fully saturated rings. The predicted molar refractivity (Wildman–Crippen MR) is 264 cm³/mol. The number of unbranched alkanes of at least 4 members (excludes halogenated alkanes) is 2. The van der Waals surface area contributed by atoms with Crippen molar-refractivity contribution in [3.05, 3.63) is 29.8 Å². The number of nitrogens with two attached hydrogens (primary N) is 1. The number of carbonyl (C=O) groups excluding carboxylic acids is 8. The molecule has 11 N–H and O–H groups in total. The Hall–Kier alpha value is -4.75. The summed E-state index contributed by atoms with van der Waals surface area (Å²) in [7, 11) is 1.19. The molecule has 398 valence electrons. The molecule has 23 nitrogen and oxygen atoms in total. The smallest absolute Gasteiger partial charge is 0.326 e. The zero-order valence-corrected chi connectivity index (χ0v) is 43.5. The summed E-state index contributed by atoms with van der Waals surface area (Å²) in [6.45, 7) is 4.80. The molecular weight excluding hydrogens is 988 g/mol. The van der Waals surface area contributed by atoms with E-state index in [-0.39, 0.29) is 75.8 Å². The lowest BCUT2D eigenvalue weighted by Crippen LogP contribution is -2.58. The van der Waals surface area contributed by atoms with Gasteiger partial charge < -0.3 is 66.5 Å². The molecule has 1 aromatic rings. The number of carboxylic acids is 1. The number of carbonyl (C=O) groups is 9. The first kappa shape index (κ1) is 60.6. The number of likely N-dealkylation sites (tertiary alicyclic amines) is 2. The number of β-amino-alcohol motifs (C(OH)–C–C–N with tert-alkyl or cyclic N) is 1. The number of carboxylic acid groups (broad SMARTS) is 1. The van der Waals surface area contributed by atoms with Crippen LogP contribution in [0.5, 0.6) is 5.75 Å². The molecule has 26 heteroatoms. The van der Waals surface area contributed by atoms with E-state index in [1.807, 2.05) is 13.8 Å². The number of hydrogen-bond acceptors (Lipinski definition) is 16. The van der Waals surface area contributed by atoms with Crippen LogP contribution in [0.15, 0.2) is 24.3 Å². The summed E-state index contributed by atoms with van der Waals surface area (Å²) >= 11 is 5.83. The maximum atomic E-state index is 13.9. The van der Waals surface area contributed by atoms with Crippen LogP contribution in [0.3, 0.4) is 0 Å². The molecule has 71 heavy (non-hydrogen) atoms. The molecule has 0 bridgehead atoms. The van der Waals surface area contributed by atoms with Gasteiger partial charge in [-0.25, -0.2) is 4.79 Å². The van der Waals surface area contributed by atoms with Gasteiger partial charge in [-0.3, -0.25) is 43.3 Å².